The number of nitrogens with zero attached hydrogens (tertiary/aromatic N) is 1. The molecule has 1 spiro atoms. The molecule has 15 heavy (non-hydrogen) atoms. The molecule has 0 atom stereocenters. The van der Waals surface area contributed by atoms with Gasteiger partial charge in [-0.15, -0.1) is 0 Å². The van der Waals surface area contributed by atoms with Gasteiger partial charge in [-0.2, -0.15) is 0 Å². The summed E-state index contributed by atoms with van der Waals surface area (Å²) < 4.78 is 0. The lowest BCUT2D eigenvalue weighted by Gasteiger charge is -2.30. The molecule has 0 aromatic heterocycles. The van der Waals surface area contributed by atoms with Crippen LogP contribution in [0.25, 0.3) is 0 Å². The second-order valence-corrected chi connectivity index (χ2v) is 4.53. The molecule has 0 aromatic rings. The number of rotatable bonds is 2. The van der Waals surface area contributed by atoms with Crippen LogP contribution in [0.4, 0.5) is 4.79 Å². The molecule has 1 saturated heterocycles. The predicted octanol–water partition coefficient (Wildman–Crippen LogP) is 1.65. The van der Waals surface area contributed by atoms with Gasteiger partial charge in [-0.1, -0.05) is 26.2 Å². The van der Waals surface area contributed by atoms with Crippen LogP contribution in [0, 0.1) is 0 Å². The van der Waals surface area contributed by atoms with Gasteiger partial charge in [0.25, 0.3) is 5.91 Å². The van der Waals surface area contributed by atoms with Gasteiger partial charge in [0.1, 0.15) is 5.54 Å². The molecule has 4 nitrogen and oxygen atoms in total. The highest BCUT2D eigenvalue weighted by atomic mass is 16.2. The first-order valence-corrected chi connectivity index (χ1v) is 5.84. The van der Waals surface area contributed by atoms with E-state index in [1.165, 1.54) is 11.3 Å². The Bertz CT molecular complexity index is 282. The van der Waals surface area contributed by atoms with Gasteiger partial charge in [0.05, 0.1) is 0 Å². The third kappa shape index (κ3) is 1.62. The third-order valence-electron chi connectivity index (χ3n) is 3.40. The number of hydrogen-bond acceptors (Lipinski definition) is 2. The van der Waals surface area contributed by atoms with Gasteiger partial charge in [0.2, 0.25) is 0 Å². The predicted molar refractivity (Wildman–Crippen MR) is 56.4 cm³/mol. The van der Waals surface area contributed by atoms with E-state index in [-0.39, 0.29) is 11.9 Å². The SMILES string of the molecule is CCCN1C(=O)NC2(CCCCC2)C1=O. The van der Waals surface area contributed by atoms with E-state index in [9.17, 15) is 9.59 Å². The molecule has 1 heterocycles. The average Bonchev–Trinajstić information content (AvgIpc) is 2.45. The molecule has 2 fully saturated rings. The van der Waals surface area contributed by atoms with Gasteiger partial charge in [0, 0.05) is 6.54 Å². The fourth-order valence-corrected chi connectivity index (χ4v) is 2.60. The molecular weight excluding hydrogens is 192 g/mol. The van der Waals surface area contributed by atoms with Crippen LogP contribution in [-0.4, -0.2) is 28.9 Å². The zero-order valence-electron chi connectivity index (χ0n) is 9.21. The van der Waals surface area contributed by atoms with Gasteiger partial charge in [0.15, 0.2) is 0 Å². The maximum Gasteiger partial charge on any atom is 0.325 e. The lowest BCUT2D eigenvalue weighted by atomic mass is 9.82. The van der Waals surface area contributed by atoms with Crippen molar-refractivity contribution in [1.29, 1.82) is 0 Å². The topological polar surface area (TPSA) is 49.4 Å². The molecule has 1 N–H and O–H groups in total. The molecule has 84 valence electrons. The van der Waals surface area contributed by atoms with Crippen LogP contribution in [0.15, 0.2) is 0 Å². The number of carbonyl (C=O) groups excluding carboxylic acids is 2. The largest absolute Gasteiger partial charge is 0.325 e. The minimum Gasteiger partial charge on any atom is -0.323 e. The lowest BCUT2D eigenvalue weighted by molar-refractivity contribution is -0.132. The summed E-state index contributed by atoms with van der Waals surface area (Å²) in [5.74, 6) is 0.00838. The molecule has 1 saturated carbocycles. The van der Waals surface area contributed by atoms with Gasteiger partial charge in [-0.05, 0) is 19.3 Å². The third-order valence-corrected chi connectivity index (χ3v) is 3.40. The van der Waals surface area contributed by atoms with Crippen molar-refractivity contribution in [3.8, 4) is 0 Å². The monoisotopic (exact) mass is 210 g/mol. The van der Waals surface area contributed by atoms with Crippen molar-refractivity contribution in [2.75, 3.05) is 6.54 Å². The molecule has 0 aromatic carbocycles. The molecule has 0 unspecified atom stereocenters. The van der Waals surface area contributed by atoms with Crippen molar-refractivity contribution in [3.05, 3.63) is 0 Å². The average molecular weight is 210 g/mol. The smallest absolute Gasteiger partial charge is 0.323 e. The van der Waals surface area contributed by atoms with Crippen LogP contribution in [0.5, 0.6) is 0 Å². The fourth-order valence-electron chi connectivity index (χ4n) is 2.60. The molecule has 4 heteroatoms. The summed E-state index contributed by atoms with van der Waals surface area (Å²) in [6.45, 7) is 2.53. The summed E-state index contributed by atoms with van der Waals surface area (Å²) in [6.07, 6.45) is 5.74. The molecule has 3 amide bonds. The Morgan fingerprint density at radius 3 is 2.53 bits per heavy atom. The highest BCUT2D eigenvalue weighted by Gasteiger charge is 2.50. The van der Waals surface area contributed by atoms with Gasteiger partial charge >= 0.3 is 6.03 Å². The number of urea groups is 1. The second-order valence-electron chi connectivity index (χ2n) is 4.53. The van der Waals surface area contributed by atoms with Crippen LogP contribution < -0.4 is 5.32 Å². The van der Waals surface area contributed by atoms with Crippen molar-refractivity contribution in [1.82, 2.24) is 10.2 Å². The lowest BCUT2D eigenvalue weighted by Crippen LogP contribution is -2.48. The summed E-state index contributed by atoms with van der Waals surface area (Å²) in [6, 6.07) is -0.191. The van der Waals surface area contributed by atoms with Crippen LogP contribution in [0.3, 0.4) is 0 Å². The van der Waals surface area contributed by atoms with Crippen molar-refractivity contribution >= 4 is 11.9 Å². The Morgan fingerprint density at radius 1 is 1.27 bits per heavy atom. The molecule has 2 aliphatic rings. The molecule has 1 aliphatic carbocycles. The maximum atomic E-state index is 12.1. The standard InChI is InChI=1S/C11H18N2O2/c1-2-8-13-9(14)11(12-10(13)15)6-4-3-5-7-11/h2-8H2,1H3,(H,12,15). The molecule has 1 aliphatic heterocycles. The first-order chi connectivity index (χ1) is 7.19. The Morgan fingerprint density at radius 2 is 1.93 bits per heavy atom. The molecular formula is C11H18N2O2. The van der Waals surface area contributed by atoms with Crippen molar-refractivity contribution in [2.24, 2.45) is 0 Å². The van der Waals surface area contributed by atoms with Gasteiger partial charge < -0.3 is 5.32 Å². The van der Waals surface area contributed by atoms with Crippen LogP contribution in [-0.2, 0) is 4.79 Å². The number of imide groups is 1. The normalized spacial score (nSPS) is 24.7. The van der Waals surface area contributed by atoms with Crippen LogP contribution in [0.2, 0.25) is 0 Å². The first-order valence-electron chi connectivity index (χ1n) is 5.84. The summed E-state index contributed by atoms with van der Waals surface area (Å²) >= 11 is 0. The maximum absolute atomic E-state index is 12.1. The minimum atomic E-state index is -0.537. The van der Waals surface area contributed by atoms with Gasteiger partial charge in [-0.25, -0.2) is 4.79 Å². The zero-order valence-corrected chi connectivity index (χ0v) is 9.21. The minimum absolute atomic E-state index is 0.00838. The van der Waals surface area contributed by atoms with Crippen molar-refractivity contribution < 1.29 is 9.59 Å². The number of amides is 3. The first kappa shape index (κ1) is 10.5. The van der Waals surface area contributed by atoms with E-state index < -0.39 is 5.54 Å². The molecule has 0 radical (unpaired) electrons. The Labute approximate surface area is 90.0 Å². The number of carbonyl (C=O) groups is 2. The zero-order chi connectivity index (χ0) is 10.9. The highest BCUT2D eigenvalue weighted by molar-refractivity contribution is 6.07. The van der Waals surface area contributed by atoms with E-state index >= 15 is 0 Å². The summed E-state index contributed by atoms with van der Waals surface area (Å²) in [5, 5.41) is 2.89. The van der Waals surface area contributed by atoms with Crippen LogP contribution in [0.1, 0.15) is 45.4 Å². The Balaban J connectivity index is 2.15. The van der Waals surface area contributed by atoms with Crippen molar-refractivity contribution in [3.63, 3.8) is 0 Å². The highest BCUT2D eigenvalue weighted by Crippen LogP contribution is 2.33. The van der Waals surface area contributed by atoms with E-state index in [0.717, 1.165) is 32.1 Å². The summed E-state index contributed by atoms with van der Waals surface area (Å²) in [7, 11) is 0. The summed E-state index contributed by atoms with van der Waals surface area (Å²) in [5.41, 5.74) is -0.537. The number of hydrogen-bond donors (Lipinski definition) is 1. The molecule has 0 bridgehead atoms. The fraction of sp³-hybridized carbons (Fsp3) is 0.818. The van der Waals surface area contributed by atoms with E-state index in [1.54, 1.807) is 0 Å². The summed E-state index contributed by atoms with van der Waals surface area (Å²) in [4.78, 5) is 25.1. The second kappa shape index (κ2) is 3.83. The van der Waals surface area contributed by atoms with Crippen LogP contribution >= 0.6 is 0 Å². The van der Waals surface area contributed by atoms with E-state index in [2.05, 4.69) is 5.32 Å². The quantitative estimate of drug-likeness (QED) is 0.704. The van der Waals surface area contributed by atoms with Gasteiger partial charge in [-0.3, -0.25) is 9.69 Å². The Kier molecular flexibility index (Phi) is 2.67. The number of nitrogens with one attached hydrogen (secondary N) is 1. The van der Waals surface area contributed by atoms with Crippen molar-refractivity contribution in [2.45, 2.75) is 51.0 Å². The Hall–Kier alpha value is -1.06. The van der Waals surface area contributed by atoms with E-state index in [4.69, 9.17) is 0 Å². The molecule has 2 rings (SSSR count). The van der Waals surface area contributed by atoms with E-state index in [1.807, 2.05) is 6.92 Å². The van der Waals surface area contributed by atoms with E-state index in [0.29, 0.717) is 6.54 Å².